The van der Waals surface area contributed by atoms with E-state index >= 15 is 0 Å². The Morgan fingerprint density at radius 2 is 1.88 bits per heavy atom. The fourth-order valence-electron chi connectivity index (χ4n) is 3.43. The highest BCUT2D eigenvalue weighted by Gasteiger charge is 2.34. The number of carbonyl (C=O) groups is 1. The van der Waals surface area contributed by atoms with E-state index in [1.54, 1.807) is 6.20 Å². The molecule has 0 saturated heterocycles. The maximum absolute atomic E-state index is 12.9. The number of amides is 1. The summed E-state index contributed by atoms with van der Waals surface area (Å²) in [6.07, 6.45) is 4.00. The summed E-state index contributed by atoms with van der Waals surface area (Å²) in [6.45, 7) is 3.99. The van der Waals surface area contributed by atoms with Gasteiger partial charge in [0.25, 0.3) is 5.91 Å². The molecule has 1 aliphatic carbocycles. The topological polar surface area (TPSA) is 46.9 Å². The van der Waals surface area contributed by atoms with Crippen molar-refractivity contribution in [2.24, 2.45) is 5.92 Å². The van der Waals surface area contributed by atoms with Crippen molar-refractivity contribution in [3.63, 3.8) is 0 Å². The second-order valence-electron chi connectivity index (χ2n) is 7.09. The number of nitrogens with zero attached hydrogens (tertiary/aromatic N) is 2. The van der Waals surface area contributed by atoms with Crippen LogP contribution in [0.3, 0.4) is 0 Å². The minimum atomic E-state index is -0.0536. The average Bonchev–Trinajstić information content (AvgIpc) is 3.42. The van der Waals surface area contributed by atoms with Crippen molar-refractivity contribution in [1.29, 1.82) is 0 Å². The van der Waals surface area contributed by atoms with Crippen LogP contribution in [0.1, 0.15) is 46.1 Å². The van der Waals surface area contributed by atoms with Crippen LogP contribution in [-0.2, 0) is 0 Å². The van der Waals surface area contributed by atoms with Crippen molar-refractivity contribution in [1.82, 2.24) is 15.1 Å². The lowest BCUT2D eigenvalue weighted by molar-refractivity contribution is 0.0931. The van der Waals surface area contributed by atoms with Crippen molar-refractivity contribution in [3.8, 4) is 5.69 Å². The first-order valence-electron chi connectivity index (χ1n) is 9.11. The van der Waals surface area contributed by atoms with Gasteiger partial charge in [0.2, 0.25) is 0 Å². The molecule has 1 fully saturated rings. The molecule has 1 N–H and O–H groups in total. The molecule has 1 heterocycles. The number of rotatable bonds is 5. The SMILES string of the molecule is Cc1cccc(-n2ncc(C(=O)N[C@@H](c3ccccc3)C3CC3)c2C)c1. The Kier molecular flexibility index (Phi) is 4.33. The molecule has 0 spiro atoms. The van der Waals surface area contributed by atoms with Crippen LogP contribution >= 0.6 is 0 Å². The van der Waals surface area contributed by atoms with Gasteiger partial charge in [-0.15, -0.1) is 0 Å². The lowest BCUT2D eigenvalue weighted by Crippen LogP contribution is -2.30. The maximum atomic E-state index is 12.9. The van der Waals surface area contributed by atoms with Crippen LogP contribution in [0.5, 0.6) is 0 Å². The molecule has 0 unspecified atom stereocenters. The fourth-order valence-corrected chi connectivity index (χ4v) is 3.43. The van der Waals surface area contributed by atoms with E-state index in [9.17, 15) is 4.79 Å². The summed E-state index contributed by atoms with van der Waals surface area (Å²) in [6, 6.07) is 18.4. The van der Waals surface area contributed by atoms with Gasteiger partial charge < -0.3 is 5.32 Å². The predicted molar refractivity (Wildman–Crippen MR) is 102 cm³/mol. The predicted octanol–water partition coefficient (Wildman–Crippen LogP) is 4.37. The summed E-state index contributed by atoms with van der Waals surface area (Å²) in [5.74, 6) is 0.482. The largest absolute Gasteiger partial charge is 0.345 e. The number of hydrogen-bond donors (Lipinski definition) is 1. The summed E-state index contributed by atoms with van der Waals surface area (Å²) >= 11 is 0. The molecule has 1 atom stereocenters. The number of aryl methyl sites for hydroxylation is 1. The quantitative estimate of drug-likeness (QED) is 0.746. The van der Waals surface area contributed by atoms with Crippen LogP contribution in [0.4, 0.5) is 0 Å². The smallest absolute Gasteiger partial charge is 0.255 e. The summed E-state index contributed by atoms with van der Waals surface area (Å²) < 4.78 is 1.83. The van der Waals surface area contributed by atoms with E-state index in [0.717, 1.165) is 11.4 Å². The van der Waals surface area contributed by atoms with E-state index in [1.807, 2.05) is 41.9 Å². The number of aromatic nitrogens is 2. The number of carbonyl (C=O) groups excluding carboxylic acids is 1. The van der Waals surface area contributed by atoms with Crippen LogP contribution in [0.2, 0.25) is 0 Å². The molecule has 0 radical (unpaired) electrons. The van der Waals surface area contributed by atoms with Crippen LogP contribution < -0.4 is 5.32 Å². The summed E-state index contributed by atoms with van der Waals surface area (Å²) in [5, 5.41) is 7.68. The molecule has 1 amide bonds. The molecule has 2 aromatic carbocycles. The monoisotopic (exact) mass is 345 g/mol. The van der Waals surface area contributed by atoms with Gasteiger partial charge in [-0.3, -0.25) is 4.79 Å². The van der Waals surface area contributed by atoms with Crippen LogP contribution in [0.15, 0.2) is 60.8 Å². The Bertz CT molecular complexity index is 926. The van der Waals surface area contributed by atoms with Gasteiger partial charge in [0.05, 0.1) is 29.2 Å². The van der Waals surface area contributed by atoms with E-state index in [4.69, 9.17) is 0 Å². The lowest BCUT2D eigenvalue weighted by Gasteiger charge is -2.18. The minimum absolute atomic E-state index is 0.0536. The molecule has 4 rings (SSSR count). The van der Waals surface area contributed by atoms with E-state index in [0.29, 0.717) is 11.5 Å². The Labute approximate surface area is 153 Å². The first-order chi connectivity index (χ1) is 12.6. The molecule has 4 nitrogen and oxygen atoms in total. The molecule has 132 valence electrons. The normalized spacial score (nSPS) is 14.8. The fraction of sp³-hybridized carbons (Fsp3) is 0.273. The van der Waals surface area contributed by atoms with E-state index in [1.165, 1.54) is 24.0 Å². The Balaban J connectivity index is 1.59. The number of hydrogen-bond acceptors (Lipinski definition) is 2. The highest BCUT2D eigenvalue weighted by atomic mass is 16.1. The maximum Gasteiger partial charge on any atom is 0.255 e. The highest BCUT2D eigenvalue weighted by molar-refractivity contribution is 5.95. The van der Waals surface area contributed by atoms with Crippen LogP contribution in [0.25, 0.3) is 5.69 Å². The third kappa shape index (κ3) is 3.27. The zero-order valence-electron chi connectivity index (χ0n) is 15.1. The lowest BCUT2D eigenvalue weighted by atomic mass is 10.0. The molecule has 26 heavy (non-hydrogen) atoms. The van der Waals surface area contributed by atoms with E-state index in [-0.39, 0.29) is 11.9 Å². The van der Waals surface area contributed by atoms with Crippen molar-refractivity contribution in [2.45, 2.75) is 32.7 Å². The molecule has 0 bridgehead atoms. The molecular formula is C22H23N3O. The summed E-state index contributed by atoms with van der Waals surface area (Å²) in [4.78, 5) is 12.9. The van der Waals surface area contributed by atoms with Crippen molar-refractivity contribution >= 4 is 5.91 Å². The molecule has 1 aromatic heterocycles. The molecule has 1 saturated carbocycles. The van der Waals surface area contributed by atoms with Gasteiger partial charge >= 0.3 is 0 Å². The second-order valence-corrected chi connectivity index (χ2v) is 7.09. The second kappa shape index (κ2) is 6.79. The van der Waals surface area contributed by atoms with Crippen molar-refractivity contribution < 1.29 is 4.79 Å². The Hall–Kier alpha value is -2.88. The number of nitrogens with one attached hydrogen (secondary N) is 1. The van der Waals surface area contributed by atoms with Crippen molar-refractivity contribution in [2.75, 3.05) is 0 Å². The van der Waals surface area contributed by atoms with Gasteiger partial charge in [-0.1, -0.05) is 42.5 Å². The van der Waals surface area contributed by atoms with Gasteiger partial charge in [0.15, 0.2) is 0 Å². The van der Waals surface area contributed by atoms with E-state index in [2.05, 4.69) is 41.6 Å². The third-order valence-electron chi connectivity index (χ3n) is 5.04. The van der Waals surface area contributed by atoms with E-state index < -0.39 is 0 Å². The Morgan fingerprint density at radius 1 is 1.12 bits per heavy atom. The number of benzene rings is 2. The minimum Gasteiger partial charge on any atom is -0.345 e. The zero-order valence-corrected chi connectivity index (χ0v) is 15.1. The van der Waals surface area contributed by atoms with Gasteiger partial charge in [0, 0.05) is 0 Å². The van der Waals surface area contributed by atoms with Gasteiger partial charge in [-0.25, -0.2) is 4.68 Å². The van der Waals surface area contributed by atoms with Crippen LogP contribution in [0, 0.1) is 19.8 Å². The van der Waals surface area contributed by atoms with Gasteiger partial charge in [0.1, 0.15) is 0 Å². The highest BCUT2D eigenvalue weighted by Crippen LogP contribution is 2.41. The molecule has 3 aromatic rings. The molecule has 4 heteroatoms. The van der Waals surface area contributed by atoms with Crippen LogP contribution in [-0.4, -0.2) is 15.7 Å². The Morgan fingerprint density at radius 3 is 2.58 bits per heavy atom. The zero-order chi connectivity index (χ0) is 18.1. The van der Waals surface area contributed by atoms with Crippen molar-refractivity contribution in [3.05, 3.63) is 83.2 Å². The summed E-state index contributed by atoms with van der Waals surface area (Å²) in [7, 11) is 0. The molecule has 1 aliphatic rings. The molecule has 0 aliphatic heterocycles. The van der Waals surface area contributed by atoms with Gasteiger partial charge in [-0.2, -0.15) is 5.10 Å². The summed E-state index contributed by atoms with van der Waals surface area (Å²) in [5.41, 5.74) is 4.81. The van der Waals surface area contributed by atoms with Gasteiger partial charge in [-0.05, 0) is 55.9 Å². The first kappa shape index (κ1) is 16.6. The molecular weight excluding hydrogens is 322 g/mol. The first-order valence-corrected chi connectivity index (χ1v) is 9.11. The average molecular weight is 345 g/mol. The standard InChI is InChI=1S/C22H23N3O/c1-15-7-6-10-19(13-15)25-16(2)20(14-23-25)22(26)24-21(18-11-12-18)17-8-4-3-5-9-17/h3-10,13-14,18,21H,11-12H2,1-2H3,(H,24,26)/t21-/m0/s1. The third-order valence-corrected chi connectivity index (χ3v) is 5.04.